The first-order valence-corrected chi connectivity index (χ1v) is 10.3. The molecule has 0 aliphatic carbocycles. The Bertz CT molecular complexity index is 1010. The molecule has 0 spiro atoms. The van der Waals surface area contributed by atoms with Crippen LogP contribution in [0.2, 0.25) is 5.02 Å². The number of hydrogen-bond donors (Lipinski definition) is 2. The molecule has 0 bridgehead atoms. The van der Waals surface area contributed by atoms with E-state index in [1.54, 1.807) is 35.1 Å². The topological polar surface area (TPSA) is 71.4 Å². The first kappa shape index (κ1) is 20.3. The summed E-state index contributed by atoms with van der Waals surface area (Å²) in [4.78, 5) is 14.8. The summed E-state index contributed by atoms with van der Waals surface area (Å²) in [5.74, 6) is 0.766. The highest BCUT2D eigenvalue weighted by Crippen LogP contribution is 2.32. The summed E-state index contributed by atoms with van der Waals surface area (Å²) in [5, 5.41) is 10.5. The zero-order valence-electron chi connectivity index (χ0n) is 16.8. The van der Waals surface area contributed by atoms with Gasteiger partial charge in [-0.15, -0.1) is 0 Å². The number of amides is 2. The number of benzene rings is 2. The van der Waals surface area contributed by atoms with Crippen molar-refractivity contribution < 1.29 is 9.53 Å². The average molecular weight is 426 g/mol. The summed E-state index contributed by atoms with van der Waals surface area (Å²) in [6.45, 7) is 3.82. The van der Waals surface area contributed by atoms with Gasteiger partial charge in [0.25, 0.3) is 0 Å². The number of likely N-dealkylation sites (tertiary alicyclic amines) is 1. The molecule has 0 saturated carbocycles. The van der Waals surface area contributed by atoms with Gasteiger partial charge in [0.05, 0.1) is 5.69 Å². The predicted octanol–water partition coefficient (Wildman–Crippen LogP) is 4.47. The van der Waals surface area contributed by atoms with Crippen molar-refractivity contribution in [3.05, 3.63) is 59.8 Å². The average Bonchev–Trinajstić information content (AvgIpc) is 3.12. The van der Waals surface area contributed by atoms with Gasteiger partial charge in [-0.3, -0.25) is 9.58 Å². The Morgan fingerprint density at radius 2 is 1.83 bits per heavy atom. The number of nitrogens with one attached hydrogen (secondary N) is 2. The molecule has 30 heavy (non-hydrogen) atoms. The zero-order valence-corrected chi connectivity index (χ0v) is 17.5. The Kier molecular flexibility index (Phi) is 6.21. The number of ether oxygens (including phenoxy) is 1. The molecule has 0 unspecified atom stereocenters. The molecule has 4 rings (SSSR count). The number of hydrogen-bond acceptors (Lipinski definition) is 4. The fourth-order valence-electron chi connectivity index (χ4n) is 3.29. The van der Waals surface area contributed by atoms with Crippen LogP contribution in [0.5, 0.6) is 5.75 Å². The fraction of sp³-hybridized carbons (Fsp3) is 0.273. The van der Waals surface area contributed by atoms with E-state index in [4.69, 9.17) is 16.3 Å². The summed E-state index contributed by atoms with van der Waals surface area (Å²) in [6.07, 6.45) is 3.01. The third kappa shape index (κ3) is 4.93. The minimum atomic E-state index is -0.334. The van der Waals surface area contributed by atoms with Gasteiger partial charge in [-0.2, -0.15) is 5.10 Å². The maximum Gasteiger partial charge on any atom is 0.323 e. The van der Waals surface area contributed by atoms with Gasteiger partial charge in [0.2, 0.25) is 0 Å². The minimum Gasteiger partial charge on any atom is -0.492 e. The van der Waals surface area contributed by atoms with E-state index >= 15 is 0 Å². The molecule has 1 aliphatic rings. The van der Waals surface area contributed by atoms with Crippen molar-refractivity contribution in [3.8, 4) is 17.0 Å². The number of nitrogens with zero attached hydrogens (tertiary/aromatic N) is 3. The number of carbonyl (C=O) groups excluding carboxylic acids is 1. The van der Waals surface area contributed by atoms with Crippen molar-refractivity contribution in [2.45, 2.75) is 6.42 Å². The summed E-state index contributed by atoms with van der Waals surface area (Å²) in [5.41, 5.74) is 3.11. The van der Waals surface area contributed by atoms with E-state index in [1.165, 1.54) is 6.42 Å². The molecule has 1 aliphatic heterocycles. The molecule has 7 nitrogen and oxygen atoms in total. The lowest BCUT2D eigenvalue weighted by atomic mass is 10.1. The summed E-state index contributed by atoms with van der Waals surface area (Å²) < 4.78 is 7.85. The van der Waals surface area contributed by atoms with E-state index in [2.05, 4.69) is 20.6 Å². The Hall–Kier alpha value is -3.03. The van der Waals surface area contributed by atoms with E-state index in [9.17, 15) is 4.79 Å². The summed E-state index contributed by atoms with van der Waals surface area (Å²) >= 11 is 5.89. The molecule has 3 aromatic rings. The van der Waals surface area contributed by atoms with Crippen molar-refractivity contribution in [1.29, 1.82) is 0 Å². The van der Waals surface area contributed by atoms with Crippen LogP contribution in [0.1, 0.15) is 6.42 Å². The van der Waals surface area contributed by atoms with Crippen LogP contribution in [0, 0.1) is 0 Å². The lowest BCUT2D eigenvalue weighted by Crippen LogP contribution is -2.39. The summed E-state index contributed by atoms with van der Waals surface area (Å²) in [7, 11) is 1.88. The number of rotatable bonds is 7. The normalized spacial score (nSPS) is 13.5. The van der Waals surface area contributed by atoms with Gasteiger partial charge in [0.1, 0.15) is 12.4 Å². The maximum atomic E-state index is 12.4. The zero-order chi connectivity index (χ0) is 20.9. The lowest BCUT2D eigenvalue weighted by molar-refractivity contribution is 0.147. The van der Waals surface area contributed by atoms with Crippen LogP contribution < -0.4 is 15.4 Å². The predicted molar refractivity (Wildman–Crippen MR) is 119 cm³/mol. The maximum absolute atomic E-state index is 12.4. The first-order valence-electron chi connectivity index (χ1n) is 9.90. The molecule has 2 heterocycles. The second kappa shape index (κ2) is 9.19. The molecule has 2 amide bonds. The molecule has 1 fully saturated rings. The van der Waals surface area contributed by atoms with Crippen LogP contribution in [-0.4, -0.2) is 47.0 Å². The molecule has 1 saturated heterocycles. The monoisotopic (exact) mass is 425 g/mol. The van der Waals surface area contributed by atoms with Crippen molar-refractivity contribution in [3.63, 3.8) is 0 Å². The number of halogens is 1. The van der Waals surface area contributed by atoms with E-state index in [-0.39, 0.29) is 6.03 Å². The van der Waals surface area contributed by atoms with Crippen LogP contribution >= 0.6 is 11.6 Å². The van der Waals surface area contributed by atoms with Crippen molar-refractivity contribution in [2.24, 2.45) is 7.05 Å². The van der Waals surface area contributed by atoms with Crippen LogP contribution in [0.25, 0.3) is 11.3 Å². The molecule has 0 radical (unpaired) electrons. The second-order valence-electron chi connectivity index (χ2n) is 7.18. The molecule has 2 aromatic carbocycles. The van der Waals surface area contributed by atoms with E-state index in [0.29, 0.717) is 23.0 Å². The Morgan fingerprint density at radius 3 is 2.50 bits per heavy atom. The molecule has 1 aromatic heterocycles. The van der Waals surface area contributed by atoms with Gasteiger partial charge < -0.3 is 15.4 Å². The second-order valence-corrected chi connectivity index (χ2v) is 7.62. The van der Waals surface area contributed by atoms with Crippen LogP contribution in [0.3, 0.4) is 0 Å². The fourth-order valence-corrected chi connectivity index (χ4v) is 3.41. The van der Waals surface area contributed by atoms with E-state index < -0.39 is 0 Å². The van der Waals surface area contributed by atoms with Crippen LogP contribution in [0.4, 0.5) is 16.2 Å². The molecular formula is C22H24ClN5O2. The van der Waals surface area contributed by atoms with E-state index in [0.717, 1.165) is 36.6 Å². The number of anilines is 2. The first-order chi connectivity index (χ1) is 14.6. The Balaban J connectivity index is 1.48. The third-order valence-corrected chi connectivity index (χ3v) is 5.30. The van der Waals surface area contributed by atoms with Gasteiger partial charge in [-0.1, -0.05) is 11.6 Å². The van der Waals surface area contributed by atoms with Crippen LogP contribution in [0.15, 0.2) is 54.7 Å². The van der Waals surface area contributed by atoms with E-state index in [1.807, 2.05) is 31.3 Å². The van der Waals surface area contributed by atoms with Crippen molar-refractivity contribution in [2.75, 3.05) is 36.9 Å². The molecule has 2 N–H and O–H groups in total. The minimum absolute atomic E-state index is 0.334. The standard InChI is InChI=1S/C22H24ClN5O2/c1-27-20(9-10-24-27)19-15-18(7-8-21(19)30-14-13-28-11-2-12-28)26-22(29)25-17-5-3-16(23)4-6-17/h3-10,15H,2,11-14H2,1H3,(H2,25,26,29). The van der Waals surface area contributed by atoms with Gasteiger partial charge >= 0.3 is 6.03 Å². The Morgan fingerprint density at radius 1 is 1.10 bits per heavy atom. The number of carbonyl (C=O) groups is 1. The van der Waals surface area contributed by atoms with Gasteiger partial charge in [-0.25, -0.2) is 4.79 Å². The summed E-state index contributed by atoms with van der Waals surface area (Å²) in [6, 6.07) is 14.2. The highest BCUT2D eigenvalue weighted by molar-refractivity contribution is 6.30. The highest BCUT2D eigenvalue weighted by atomic mass is 35.5. The lowest BCUT2D eigenvalue weighted by Gasteiger charge is -2.30. The van der Waals surface area contributed by atoms with Crippen molar-refractivity contribution in [1.82, 2.24) is 14.7 Å². The highest BCUT2D eigenvalue weighted by Gasteiger charge is 2.15. The smallest absolute Gasteiger partial charge is 0.323 e. The molecule has 156 valence electrons. The number of urea groups is 1. The largest absolute Gasteiger partial charge is 0.492 e. The Labute approximate surface area is 180 Å². The van der Waals surface area contributed by atoms with Gasteiger partial charge in [0.15, 0.2) is 0 Å². The molecule has 8 heteroatoms. The quantitative estimate of drug-likeness (QED) is 0.586. The third-order valence-electron chi connectivity index (χ3n) is 5.05. The molecule has 0 atom stereocenters. The number of aryl methyl sites for hydroxylation is 1. The number of aromatic nitrogens is 2. The SMILES string of the molecule is Cn1nccc1-c1cc(NC(=O)Nc2ccc(Cl)cc2)ccc1OCCN1CCC1. The van der Waals surface area contributed by atoms with Crippen LogP contribution in [-0.2, 0) is 7.05 Å². The van der Waals surface area contributed by atoms with Gasteiger partial charge in [-0.05, 0) is 68.0 Å². The van der Waals surface area contributed by atoms with Gasteiger partial charge in [0, 0.05) is 41.8 Å². The van der Waals surface area contributed by atoms with Crippen molar-refractivity contribution >= 4 is 29.0 Å². The molecular weight excluding hydrogens is 402 g/mol.